The highest BCUT2D eigenvalue weighted by molar-refractivity contribution is 7.91. The first-order valence-corrected chi connectivity index (χ1v) is 10.8. The Morgan fingerprint density at radius 3 is 2.52 bits per heavy atom. The minimum absolute atomic E-state index is 0.0196. The topological polar surface area (TPSA) is 92.3 Å². The van der Waals surface area contributed by atoms with Crippen molar-refractivity contribution in [1.82, 2.24) is 15.3 Å². The van der Waals surface area contributed by atoms with Gasteiger partial charge >= 0.3 is 0 Å². The molecule has 0 spiro atoms. The number of carbonyl (C=O) groups excluding carboxylic acids is 1. The molecule has 1 N–H and O–H groups in total. The molecule has 3 rings (SSSR count). The van der Waals surface area contributed by atoms with Gasteiger partial charge in [0.2, 0.25) is 0 Å². The number of carbonyl (C=O) groups is 1. The van der Waals surface area contributed by atoms with Crippen LogP contribution in [0.15, 0.2) is 36.4 Å². The average Bonchev–Trinajstić information content (AvgIpc) is 3.00. The zero-order valence-corrected chi connectivity index (χ0v) is 16.5. The van der Waals surface area contributed by atoms with Crippen LogP contribution in [0.1, 0.15) is 30.8 Å². The van der Waals surface area contributed by atoms with Gasteiger partial charge in [-0.1, -0.05) is 30.3 Å². The number of hydrogen-bond donors (Lipinski definition) is 1. The summed E-state index contributed by atoms with van der Waals surface area (Å²) in [5, 5.41) is 2.84. The number of sulfone groups is 1. The lowest BCUT2D eigenvalue weighted by atomic mass is 10.2. The molecule has 1 aliphatic heterocycles. The molecule has 1 aliphatic rings. The van der Waals surface area contributed by atoms with Gasteiger partial charge in [-0.25, -0.2) is 18.4 Å². The Morgan fingerprint density at radius 2 is 1.93 bits per heavy atom. The maximum absolute atomic E-state index is 12.5. The molecule has 7 nitrogen and oxygen atoms in total. The Bertz CT molecular complexity index is 929. The van der Waals surface area contributed by atoms with Gasteiger partial charge < -0.3 is 10.2 Å². The van der Waals surface area contributed by atoms with E-state index in [1.807, 2.05) is 56.1 Å². The Balaban J connectivity index is 2.00. The van der Waals surface area contributed by atoms with Gasteiger partial charge in [-0.15, -0.1) is 0 Å². The normalized spacial score (nSPS) is 18.4. The molecule has 144 valence electrons. The SMILES string of the molecule is CC(C)NC(=O)c1cc(N(C)C2CCS(=O)(=O)C2)nc(-c2ccccc2)n1. The van der Waals surface area contributed by atoms with E-state index in [4.69, 9.17) is 0 Å². The number of nitrogens with zero attached hydrogens (tertiary/aromatic N) is 3. The van der Waals surface area contributed by atoms with Crippen molar-refractivity contribution in [2.45, 2.75) is 32.4 Å². The van der Waals surface area contributed by atoms with E-state index in [1.54, 1.807) is 6.07 Å². The summed E-state index contributed by atoms with van der Waals surface area (Å²) >= 11 is 0. The van der Waals surface area contributed by atoms with Crippen molar-refractivity contribution in [2.75, 3.05) is 23.5 Å². The molecule has 2 aromatic rings. The summed E-state index contributed by atoms with van der Waals surface area (Å²) in [5.74, 6) is 0.980. The smallest absolute Gasteiger partial charge is 0.270 e. The van der Waals surface area contributed by atoms with Gasteiger partial charge in [0.25, 0.3) is 5.91 Å². The standard InChI is InChI=1S/C19H24N4O3S/c1-13(2)20-19(24)16-11-17(23(3)15-9-10-27(25,26)12-15)22-18(21-16)14-7-5-4-6-8-14/h4-8,11,13,15H,9-10,12H2,1-3H3,(H,20,24). The molecule has 1 fully saturated rings. The predicted molar refractivity (Wildman–Crippen MR) is 106 cm³/mol. The second-order valence-electron chi connectivity index (χ2n) is 7.10. The van der Waals surface area contributed by atoms with Crippen LogP contribution in [0.5, 0.6) is 0 Å². The molecule has 2 heterocycles. The molecule has 0 saturated carbocycles. The van der Waals surface area contributed by atoms with Gasteiger partial charge in [-0.3, -0.25) is 4.79 Å². The summed E-state index contributed by atoms with van der Waals surface area (Å²) in [7, 11) is -1.21. The highest BCUT2D eigenvalue weighted by Crippen LogP contribution is 2.24. The second kappa shape index (κ2) is 7.64. The van der Waals surface area contributed by atoms with Crippen LogP contribution in [0, 0.1) is 0 Å². The van der Waals surface area contributed by atoms with E-state index >= 15 is 0 Å². The summed E-state index contributed by atoms with van der Waals surface area (Å²) in [5.41, 5.74) is 1.06. The molecule has 1 saturated heterocycles. The molecule has 1 unspecified atom stereocenters. The number of nitrogens with one attached hydrogen (secondary N) is 1. The van der Waals surface area contributed by atoms with Gasteiger partial charge in [0.05, 0.1) is 11.5 Å². The third-order valence-electron chi connectivity index (χ3n) is 4.51. The minimum Gasteiger partial charge on any atom is -0.355 e. The summed E-state index contributed by atoms with van der Waals surface area (Å²) < 4.78 is 23.7. The van der Waals surface area contributed by atoms with Gasteiger partial charge in [0, 0.05) is 30.8 Å². The molecule has 1 atom stereocenters. The summed E-state index contributed by atoms with van der Waals surface area (Å²) in [6.07, 6.45) is 0.553. The van der Waals surface area contributed by atoms with Crippen LogP contribution in [0.3, 0.4) is 0 Å². The van der Waals surface area contributed by atoms with Gasteiger partial charge in [0.15, 0.2) is 15.7 Å². The highest BCUT2D eigenvalue weighted by atomic mass is 32.2. The van der Waals surface area contributed by atoms with E-state index in [0.717, 1.165) is 5.56 Å². The lowest BCUT2D eigenvalue weighted by Gasteiger charge is -2.25. The van der Waals surface area contributed by atoms with Crippen LogP contribution in [-0.2, 0) is 9.84 Å². The van der Waals surface area contributed by atoms with Gasteiger partial charge in [0.1, 0.15) is 11.5 Å². The van der Waals surface area contributed by atoms with Gasteiger partial charge in [-0.2, -0.15) is 0 Å². The van der Waals surface area contributed by atoms with Crippen molar-refractivity contribution >= 4 is 21.6 Å². The summed E-state index contributed by atoms with van der Waals surface area (Å²) in [6, 6.07) is 10.9. The molecular formula is C19H24N4O3S. The van der Waals surface area contributed by atoms with E-state index < -0.39 is 9.84 Å². The quantitative estimate of drug-likeness (QED) is 0.841. The Labute approximate surface area is 159 Å². The number of hydrogen-bond acceptors (Lipinski definition) is 6. The third kappa shape index (κ3) is 4.63. The second-order valence-corrected chi connectivity index (χ2v) is 9.33. The zero-order chi connectivity index (χ0) is 19.6. The third-order valence-corrected chi connectivity index (χ3v) is 6.26. The highest BCUT2D eigenvalue weighted by Gasteiger charge is 2.31. The van der Waals surface area contributed by atoms with Crippen molar-refractivity contribution in [3.63, 3.8) is 0 Å². The number of benzene rings is 1. The summed E-state index contributed by atoms with van der Waals surface area (Å²) in [4.78, 5) is 23.4. The van der Waals surface area contributed by atoms with E-state index in [1.165, 1.54) is 0 Å². The molecule has 27 heavy (non-hydrogen) atoms. The fourth-order valence-electron chi connectivity index (χ4n) is 3.05. The first-order valence-electron chi connectivity index (χ1n) is 8.94. The van der Waals surface area contributed by atoms with Crippen LogP contribution in [0.4, 0.5) is 5.82 Å². The maximum Gasteiger partial charge on any atom is 0.270 e. The van der Waals surface area contributed by atoms with E-state index in [9.17, 15) is 13.2 Å². The molecule has 0 aliphatic carbocycles. The lowest BCUT2D eigenvalue weighted by Crippen LogP contribution is -2.34. The molecule has 1 amide bonds. The molecule has 0 bridgehead atoms. The van der Waals surface area contributed by atoms with Gasteiger partial charge in [-0.05, 0) is 20.3 Å². The summed E-state index contributed by atoms with van der Waals surface area (Å²) in [6.45, 7) is 3.77. The molecule has 1 aromatic heterocycles. The fourth-order valence-corrected chi connectivity index (χ4v) is 4.83. The van der Waals surface area contributed by atoms with Crippen molar-refractivity contribution in [1.29, 1.82) is 0 Å². The molecule has 8 heteroatoms. The van der Waals surface area contributed by atoms with Crippen LogP contribution in [0.25, 0.3) is 11.4 Å². The molecule has 0 radical (unpaired) electrons. The number of rotatable bonds is 5. The minimum atomic E-state index is -3.02. The Kier molecular flexibility index (Phi) is 5.46. The van der Waals surface area contributed by atoms with E-state index in [0.29, 0.717) is 18.1 Å². The predicted octanol–water partition coefficient (Wildman–Crippen LogP) is 1.91. The molecular weight excluding hydrogens is 364 g/mol. The lowest BCUT2D eigenvalue weighted by molar-refractivity contribution is 0.0938. The van der Waals surface area contributed by atoms with Crippen molar-refractivity contribution in [2.24, 2.45) is 0 Å². The Morgan fingerprint density at radius 1 is 1.22 bits per heavy atom. The average molecular weight is 388 g/mol. The molecule has 1 aromatic carbocycles. The van der Waals surface area contributed by atoms with Crippen LogP contribution in [-0.4, -0.2) is 54.9 Å². The maximum atomic E-state index is 12.5. The van der Waals surface area contributed by atoms with Crippen molar-refractivity contribution in [3.8, 4) is 11.4 Å². The largest absolute Gasteiger partial charge is 0.355 e. The van der Waals surface area contributed by atoms with Crippen LogP contribution < -0.4 is 10.2 Å². The van der Waals surface area contributed by atoms with Crippen molar-refractivity contribution < 1.29 is 13.2 Å². The fraction of sp³-hybridized carbons (Fsp3) is 0.421. The monoisotopic (exact) mass is 388 g/mol. The van der Waals surface area contributed by atoms with E-state index in [-0.39, 0.29) is 35.2 Å². The first-order chi connectivity index (χ1) is 12.7. The van der Waals surface area contributed by atoms with Crippen LogP contribution >= 0.6 is 0 Å². The number of amides is 1. The number of aromatic nitrogens is 2. The Hall–Kier alpha value is -2.48. The van der Waals surface area contributed by atoms with E-state index in [2.05, 4.69) is 15.3 Å². The van der Waals surface area contributed by atoms with Crippen LogP contribution in [0.2, 0.25) is 0 Å². The van der Waals surface area contributed by atoms with Crippen molar-refractivity contribution in [3.05, 3.63) is 42.1 Å². The number of anilines is 1. The zero-order valence-electron chi connectivity index (χ0n) is 15.7. The first kappa shape index (κ1) is 19.3.